The summed E-state index contributed by atoms with van der Waals surface area (Å²) < 4.78 is 5.83. The number of thiazole rings is 1. The predicted molar refractivity (Wildman–Crippen MR) is 99.6 cm³/mol. The van der Waals surface area contributed by atoms with Crippen LogP contribution in [0.1, 0.15) is 27.7 Å². The molecule has 2 aromatic carbocycles. The second-order valence-electron chi connectivity index (χ2n) is 5.88. The highest BCUT2D eigenvalue weighted by atomic mass is 32.1. The Kier molecular flexibility index (Phi) is 5.62. The number of ether oxygens (including phenoxy) is 1. The van der Waals surface area contributed by atoms with Crippen LogP contribution in [0.4, 0.5) is 0 Å². The fraction of sp³-hybridized carbons (Fsp3) is 0.250. The summed E-state index contributed by atoms with van der Waals surface area (Å²) in [5.74, 6) is 1.16. The molecule has 2 N–H and O–H groups in total. The summed E-state index contributed by atoms with van der Waals surface area (Å²) in [6.07, 6.45) is 0.905. The summed E-state index contributed by atoms with van der Waals surface area (Å²) in [6.45, 7) is 3.22. The molecule has 3 rings (SSSR count). The van der Waals surface area contributed by atoms with E-state index in [1.807, 2.05) is 37.3 Å². The van der Waals surface area contributed by atoms with Crippen LogP contribution in [0.2, 0.25) is 0 Å². The number of aryl methyl sites for hydroxylation is 1. The van der Waals surface area contributed by atoms with E-state index < -0.39 is 0 Å². The Morgan fingerprint density at radius 2 is 1.79 bits per heavy atom. The topological polar surface area (TPSA) is 48.1 Å². The zero-order valence-electron chi connectivity index (χ0n) is 13.8. The minimum absolute atomic E-state index is 0.278. The number of hydrogen-bond acceptors (Lipinski definition) is 4. The molecule has 0 aliphatic rings. The van der Waals surface area contributed by atoms with E-state index in [0.717, 1.165) is 22.9 Å². The third-order valence-electron chi connectivity index (χ3n) is 3.92. The first-order chi connectivity index (χ1) is 11.7. The van der Waals surface area contributed by atoms with E-state index in [4.69, 9.17) is 10.5 Å². The number of benzene rings is 2. The average Bonchev–Trinajstić information content (AvgIpc) is 3.06. The molecule has 3 aromatic rings. The molecule has 24 heavy (non-hydrogen) atoms. The van der Waals surface area contributed by atoms with Crippen molar-refractivity contribution in [3.8, 4) is 5.75 Å². The molecule has 1 unspecified atom stereocenters. The van der Waals surface area contributed by atoms with Gasteiger partial charge in [0.05, 0.1) is 5.01 Å². The van der Waals surface area contributed by atoms with Crippen LogP contribution in [0.3, 0.4) is 0 Å². The number of nitrogens with zero attached hydrogens (tertiary/aromatic N) is 1. The van der Waals surface area contributed by atoms with Gasteiger partial charge in [0.25, 0.3) is 0 Å². The number of nitrogens with two attached hydrogens (primary N) is 1. The molecule has 1 aromatic heterocycles. The number of rotatable bonds is 7. The molecule has 3 nitrogen and oxygen atoms in total. The lowest BCUT2D eigenvalue weighted by Crippen LogP contribution is -2.15. The second-order valence-corrected chi connectivity index (χ2v) is 6.77. The van der Waals surface area contributed by atoms with Gasteiger partial charge in [-0.1, -0.05) is 42.5 Å². The molecule has 0 aliphatic heterocycles. The molecule has 0 aliphatic carbocycles. The normalized spacial score (nSPS) is 12.1. The Bertz CT molecular complexity index is 753. The maximum absolute atomic E-state index is 5.95. The fourth-order valence-electron chi connectivity index (χ4n) is 2.58. The highest BCUT2D eigenvalue weighted by Gasteiger charge is 2.14. The molecule has 0 fully saturated rings. The highest BCUT2D eigenvalue weighted by molar-refractivity contribution is 7.09. The van der Waals surface area contributed by atoms with Crippen LogP contribution < -0.4 is 10.5 Å². The van der Waals surface area contributed by atoms with Gasteiger partial charge in [-0.15, -0.1) is 11.3 Å². The summed E-state index contributed by atoms with van der Waals surface area (Å²) in [7, 11) is 0. The van der Waals surface area contributed by atoms with Crippen molar-refractivity contribution in [2.45, 2.75) is 25.9 Å². The zero-order valence-corrected chi connectivity index (χ0v) is 14.6. The number of hydrogen-bond donors (Lipinski definition) is 1. The van der Waals surface area contributed by atoms with E-state index in [0.29, 0.717) is 13.2 Å². The monoisotopic (exact) mass is 338 g/mol. The molecule has 0 spiro atoms. The first-order valence-corrected chi connectivity index (χ1v) is 9.00. The van der Waals surface area contributed by atoms with Crippen LogP contribution in [0, 0.1) is 6.92 Å². The molecule has 1 atom stereocenters. The minimum atomic E-state index is 0.278. The van der Waals surface area contributed by atoms with E-state index in [-0.39, 0.29) is 5.92 Å². The van der Waals surface area contributed by atoms with Crippen LogP contribution in [0.15, 0.2) is 60.0 Å². The van der Waals surface area contributed by atoms with E-state index in [9.17, 15) is 0 Å². The van der Waals surface area contributed by atoms with Crippen molar-refractivity contribution in [1.82, 2.24) is 4.98 Å². The Morgan fingerprint density at radius 3 is 2.42 bits per heavy atom. The second kappa shape index (κ2) is 8.08. The maximum Gasteiger partial charge on any atom is 0.119 e. The summed E-state index contributed by atoms with van der Waals surface area (Å²) in [5, 5.41) is 3.21. The van der Waals surface area contributed by atoms with Crippen molar-refractivity contribution < 1.29 is 4.74 Å². The van der Waals surface area contributed by atoms with E-state index >= 15 is 0 Å². The third kappa shape index (κ3) is 4.43. The van der Waals surface area contributed by atoms with Gasteiger partial charge < -0.3 is 10.5 Å². The molecule has 0 radical (unpaired) electrons. The maximum atomic E-state index is 5.95. The van der Waals surface area contributed by atoms with Gasteiger partial charge in [-0.05, 0) is 36.6 Å². The van der Waals surface area contributed by atoms with Crippen LogP contribution in [-0.4, -0.2) is 11.5 Å². The van der Waals surface area contributed by atoms with Gasteiger partial charge in [0.15, 0.2) is 0 Å². The lowest BCUT2D eigenvalue weighted by molar-refractivity contribution is 0.306. The molecule has 1 heterocycles. The SMILES string of the molecule is Cc1csc(C(CN)Cc2ccc(OCc3ccccc3)cc2)n1. The van der Waals surface area contributed by atoms with Crippen molar-refractivity contribution in [1.29, 1.82) is 0 Å². The van der Waals surface area contributed by atoms with E-state index in [2.05, 4.69) is 34.6 Å². The van der Waals surface area contributed by atoms with Gasteiger partial charge in [0, 0.05) is 23.5 Å². The van der Waals surface area contributed by atoms with Gasteiger partial charge in [0.2, 0.25) is 0 Å². The van der Waals surface area contributed by atoms with Crippen molar-refractivity contribution in [3.05, 3.63) is 81.8 Å². The largest absolute Gasteiger partial charge is 0.489 e. The van der Waals surface area contributed by atoms with Crippen LogP contribution >= 0.6 is 11.3 Å². The smallest absolute Gasteiger partial charge is 0.119 e. The summed E-state index contributed by atoms with van der Waals surface area (Å²) >= 11 is 1.69. The molecular weight excluding hydrogens is 316 g/mol. The van der Waals surface area contributed by atoms with Gasteiger partial charge >= 0.3 is 0 Å². The van der Waals surface area contributed by atoms with Gasteiger partial charge in [-0.3, -0.25) is 0 Å². The Morgan fingerprint density at radius 1 is 1.04 bits per heavy atom. The van der Waals surface area contributed by atoms with Crippen molar-refractivity contribution in [2.75, 3.05) is 6.54 Å². The summed E-state index contributed by atoms with van der Waals surface area (Å²) in [5.41, 5.74) is 9.44. The van der Waals surface area contributed by atoms with Gasteiger partial charge in [0.1, 0.15) is 12.4 Å². The van der Waals surface area contributed by atoms with E-state index in [1.165, 1.54) is 11.1 Å². The molecular formula is C20H22N2OS. The Balaban J connectivity index is 1.59. The van der Waals surface area contributed by atoms with Crippen molar-refractivity contribution in [2.24, 2.45) is 5.73 Å². The van der Waals surface area contributed by atoms with Crippen molar-refractivity contribution >= 4 is 11.3 Å². The van der Waals surface area contributed by atoms with Gasteiger partial charge in [-0.2, -0.15) is 0 Å². The molecule has 0 bridgehead atoms. The van der Waals surface area contributed by atoms with E-state index in [1.54, 1.807) is 11.3 Å². The first-order valence-electron chi connectivity index (χ1n) is 8.12. The minimum Gasteiger partial charge on any atom is -0.489 e. The third-order valence-corrected chi connectivity index (χ3v) is 5.05. The summed E-state index contributed by atoms with van der Waals surface area (Å²) in [4.78, 5) is 4.57. The first kappa shape index (κ1) is 16.7. The van der Waals surface area contributed by atoms with Crippen molar-refractivity contribution in [3.63, 3.8) is 0 Å². The number of aromatic nitrogens is 1. The van der Waals surface area contributed by atoms with Crippen LogP contribution in [0.5, 0.6) is 5.75 Å². The molecule has 0 amide bonds. The molecule has 0 saturated heterocycles. The predicted octanol–water partition coefficient (Wildman–Crippen LogP) is 4.32. The highest BCUT2D eigenvalue weighted by Crippen LogP contribution is 2.24. The fourth-order valence-corrected chi connectivity index (χ4v) is 3.49. The van der Waals surface area contributed by atoms with Gasteiger partial charge in [-0.25, -0.2) is 4.98 Å². The zero-order chi connectivity index (χ0) is 16.8. The van der Waals surface area contributed by atoms with Crippen LogP contribution in [0.25, 0.3) is 0 Å². The Hall–Kier alpha value is -2.17. The molecule has 124 valence electrons. The average molecular weight is 338 g/mol. The quantitative estimate of drug-likeness (QED) is 0.698. The molecule has 0 saturated carbocycles. The molecule has 4 heteroatoms. The lowest BCUT2D eigenvalue weighted by Gasteiger charge is -2.13. The lowest BCUT2D eigenvalue weighted by atomic mass is 10.00. The Labute approximate surface area is 147 Å². The summed E-state index contributed by atoms with van der Waals surface area (Å²) in [6, 6.07) is 18.5. The van der Waals surface area contributed by atoms with Crippen LogP contribution in [-0.2, 0) is 13.0 Å². The standard InChI is InChI=1S/C20H22N2OS/c1-15-14-24-20(22-15)18(12-21)11-16-7-9-19(10-8-16)23-13-17-5-3-2-4-6-17/h2-10,14,18H,11-13,21H2,1H3.